The molecule has 0 amide bonds. The minimum Gasteiger partial charge on any atom is -0.461 e. The molecule has 2 bridgehead atoms. The van der Waals surface area contributed by atoms with Crippen LogP contribution in [0.2, 0.25) is 0 Å². The number of nitrogens with zero attached hydrogens (tertiary/aromatic N) is 3. The third-order valence-electron chi connectivity index (χ3n) is 13.3. The molecule has 6 rings (SSSR count). The lowest BCUT2D eigenvalue weighted by atomic mass is 9.44. The molecule has 1 aromatic rings. The van der Waals surface area contributed by atoms with E-state index < -0.39 is 28.5 Å². The van der Waals surface area contributed by atoms with Gasteiger partial charge in [-0.15, -0.1) is 18.3 Å². The molecule has 5 fully saturated rings. The Balaban J connectivity index is 1.19. The van der Waals surface area contributed by atoms with Gasteiger partial charge in [-0.2, -0.15) is 11.8 Å². The summed E-state index contributed by atoms with van der Waals surface area (Å²) in [4.78, 5) is 59.5. The Bertz CT molecular complexity index is 1460. The number of hydrogen-bond donors (Lipinski definition) is 1. The highest BCUT2D eigenvalue weighted by molar-refractivity contribution is 8.00. The van der Waals surface area contributed by atoms with Gasteiger partial charge in [0.25, 0.3) is 10.9 Å². The summed E-state index contributed by atoms with van der Waals surface area (Å²) in [5, 5.41) is 11.8. The van der Waals surface area contributed by atoms with Gasteiger partial charge < -0.3 is 24.5 Å². The van der Waals surface area contributed by atoms with Crippen LogP contribution in [0, 0.1) is 34.0 Å². The summed E-state index contributed by atoms with van der Waals surface area (Å²) in [6, 6.07) is -0.0255. The number of aliphatic hydroxyl groups excluding tert-OH is 1. The molecular formula is C36H53N3O6S2. The average molecular weight is 688 g/mol. The van der Waals surface area contributed by atoms with Gasteiger partial charge in [0.2, 0.25) is 0 Å². The van der Waals surface area contributed by atoms with Crippen LogP contribution in [-0.2, 0) is 14.3 Å². The van der Waals surface area contributed by atoms with E-state index in [2.05, 4.69) is 49.1 Å². The van der Waals surface area contributed by atoms with Gasteiger partial charge in [-0.05, 0) is 50.0 Å². The highest BCUT2D eigenvalue weighted by atomic mass is 32.2. The van der Waals surface area contributed by atoms with Crippen molar-refractivity contribution in [3.63, 3.8) is 0 Å². The Labute approximate surface area is 287 Å². The van der Waals surface area contributed by atoms with Gasteiger partial charge in [0, 0.05) is 73.2 Å². The first-order chi connectivity index (χ1) is 22.3. The molecule has 11 heteroatoms. The van der Waals surface area contributed by atoms with Crippen molar-refractivity contribution in [2.24, 2.45) is 34.0 Å². The summed E-state index contributed by atoms with van der Waals surface area (Å²) in [5.41, 5.74) is -1.15. The second-order valence-electron chi connectivity index (χ2n) is 15.6. The Morgan fingerprint density at radius 3 is 2.49 bits per heavy atom. The van der Waals surface area contributed by atoms with Crippen LogP contribution in [0.5, 0.6) is 0 Å². The topological polar surface area (TPSA) is 107 Å². The predicted octanol–water partition coefficient (Wildman–Crippen LogP) is 3.60. The number of anilines is 2. The second kappa shape index (κ2) is 13.1. The Kier molecular flexibility index (Phi) is 9.79. The molecule has 9 atom stereocenters. The van der Waals surface area contributed by atoms with Crippen molar-refractivity contribution in [1.82, 2.24) is 4.90 Å². The smallest absolute Gasteiger partial charge is 0.316 e. The number of Topliss-reactive ketones (excluding diaryl/α,β-unsaturated/α-hetero) is 1. The molecule has 5 aliphatic rings. The SMILES string of the molecule is C=C[C@]1(C)C[C@@H](OC(=O)CSCC2CN(C)CCN2c2c(N3CCSCC3)c(=O)c2=O)[C@]2(C)[C@H](C)CC[C@]3(CCC(=O)[C@H]32)[C@@H](C)[C@@H]1O. The van der Waals surface area contributed by atoms with Crippen LogP contribution in [0.4, 0.5) is 11.4 Å². The number of thioether (sulfide) groups is 2. The first kappa shape index (κ1) is 35.0. The Hall–Kier alpha value is -1.82. The van der Waals surface area contributed by atoms with Gasteiger partial charge in [0.05, 0.1) is 17.9 Å². The van der Waals surface area contributed by atoms with Crippen LogP contribution in [0.3, 0.4) is 0 Å². The molecule has 0 spiro atoms. The summed E-state index contributed by atoms with van der Waals surface area (Å²) >= 11 is 3.36. The lowest BCUT2D eigenvalue weighted by Gasteiger charge is -2.61. The van der Waals surface area contributed by atoms with Crippen LogP contribution in [-0.4, -0.2) is 103 Å². The molecule has 1 N–H and O–H groups in total. The van der Waals surface area contributed by atoms with Crippen molar-refractivity contribution < 1.29 is 19.4 Å². The van der Waals surface area contributed by atoms with E-state index in [-0.39, 0.29) is 52.1 Å². The molecule has 0 aromatic heterocycles. The average Bonchev–Trinajstić information content (AvgIpc) is 3.42. The van der Waals surface area contributed by atoms with E-state index in [0.717, 1.165) is 56.9 Å². The standard InChI is InChI=1S/C36H53N3O6S2/c1-7-34(4)18-26(35(5)22(2)8-10-36(23(3)33(34)44)11-9-25(40)32(35)36)45-27(41)21-47-20-24-19-37(6)12-13-39(24)29-28(30(42)31(29)43)38-14-16-46-17-15-38/h7,22-24,26,32-33,44H,1,8-21H2,2-6H3/t22-,23+,24?,26-,32+,33+,34-,35+,36+/m1/s1. The summed E-state index contributed by atoms with van der Waals surface area (Å²) in [6.45, 7) is 16.3. The zero-order valence-electron chi connectivity index (χ0n) is 28.8. The van der Waals surface area contributed by atoms with E-state index in [1.807, 2.05) is 24.8 Å². The van der Waals surface area contributed by atoms with E-state index in [0.29, 0.717) is 36.5 Å². The number of esters is 1. The predicted molar refractivity (Wildman–Crippen MR) is 191 cm³/mol. The molecule has 0 radical (unpaired) electrons. The van der Waals surface area contributed by atoms with Gasteiger partial charge in [-0.3, -0.25) is 19.2 Å². The third kappa shape index (κ3) is 5.72. The second-order valence-corrected chi connectivity index (χ2v) is 17.9. The fourth-order valence-electron chi connectivity index (χ4n) is 10.1. The fourth-order valence-corrected chi connectivity index (χ4v) is 11.9. The van der Waals surface area contributed by atoms with Crippen molar-refractivity contribution in [2.75, 3.05) is 72.6 Å². The normalized spacial score (nSPS) is 39.7. The van der Waals surface area contributed by atoms with E-state index >= 15 is 0 Å². The number of aliphatic hydroxyl groups is 1. The van der Waals surface area contributed by atoms with Crippen molar-refractivity contribution in [1.29, 1.82) is 0 Å². The lowest BCUT2D eigenvalue weighted by Crippen LogP contribution is -2.63. The molecule has 47 heavy (non-hydrogen) atoms. The number of carbonyl (C=O) groups excluding carboxylic acids is 2. The molecule has 1 aromatic carbocycles. The van der Waals surface area contributed by atoms with E-state index in [1.165, 1.54) is 11.8 Å². The van der Waals surface area contributed by atoms with E-state index in [4.69, 9.17) is 4.74 Å². The van der Waals surface area contributed by atoms with Crippen LogP contribution in [0.1, 0.15) is 59.8 Å². The van der Waals surface area contributed by atoms with E-state index in [9.17, 15) is 24.3 Å². The van der Waals surface area contributed by atoms with Crippen molar-refractivity contribution in [3.8, 4) is 0 Å². The molecule has 260 valence electrons. The van der Waals surface area contributed by atoms with Gasteiger partial charge >= 0.3 is 5.97 Å². The summed E-state index contributed by atoms with van der Waals surface area (Å²) in [5.74, 6) is 2.43. The molecule has 9 nitrogen and oxygen atoms in total. The summed E-state index contributed by atoms with van der Waals surface area (Å²) in [7, 11) is 2.06. The molecular weight excluding hydrogens is 635 g/mol. The molecule has 3 aliphatic carbocycles. The molecule has 2 aliphatic heterocycles. The van der Waals surface area contributed by atoms with Gasteiger partial charge in [0.1, 0.15) is 23.3 Å². The Morgan fingerprint density at radius 1 is 1.09 bits per heavy atom. The van der Waals surface area contributed by atoms with Crippen LogP contribution < -0.4 is 20.7 Å². The summed E-state index contributed by atoms with van der Waals surface area (Å²) < 4.78 is 6.45. The van der Waals surface area contributed by atoms with Crippen LogP contribution in [0.15, 0.2) is 22.2 Å². The van der Waals surface area contributed by atoms with E-state index in [1.54, 1.807) is 0 Å². The van der Waals surface area contributed by atoms with Crippen molar-refractivity contribution >= 4 is 46.7 Å². The number of likely N-dealkylation sites (N-methyl/N-ethyl adjacent to an activating group) is 1. The zero-order valence-corrected chi connectivity index (χ0v) is 30.4. The highest BCUT2D eigenvalue weighted by Gasteiger charge is 2.68. The maximum Gasteiger partial charge on any atom is 0.316 e. The minimum atomic E-state index is -0.694. The van der Waals surface area contributed by atoms with Crippen LogP contribution >= 0.6 is 23.5 Å². The number of rotatable bonds is 8. The largest absolute Gasteiger partial charge is 0.461 e. The maximum atomic E-state index is 13.7. The first-order valence-electron chi connectivity index (χ1n) is 17.5. The highest BCUT2D eigenvalue weighted by Crippen LogP contribution is 2.68. The van der Waals surface area contributed by atoms with Crippen molar-refractivity contribution in [2.45, 2.75) is 78.0 Å². The number of ether oxygens (including phenoxy) is 1. The Morgan fingerprint density at radius 2 is 1.79 bits per heavy atom. The number of ketones is 1. The fraction of sp³-hybridized carbons (Fsp3) is 0.778. The van der Waals surface area contributed by atoms with Crippen LogP contribution in [0.25, 0.3) is 0 Å². The van der Waals surface area contributed by atoms with Gasteiger partial charge in [0.15, 0.2) is 0 Å². The zero-order chi connectivity index (χ0) is 33.9. The molecule has 2 saturated heterocycles. The lowest BCUT2D eigenvalue weighted by molar-refractivity contribution is -0.205. The first-order valence-corrected chi connectivity index (χ1v) is 19.8. The third-order valence-corrected chi connectivity index (χ3v) is 15.3. The monoisotopic (exact) mass is 687 g/mol. The maximum absolute atomic E-state index is 13.7. The number of carbonyl (C=O) groups is 2. The molecule has 3 saturated carbocycles. The van der Waals surface area contributed by atoms with Crippen molar-refractivity contribution in [3.05, 3.63) is 33.1 Å². The minimum absolute atomic E-state index is 0.0255. The van der Waals surface area contributed by atoms with Gasteiger partial charge in [-0.25, -0.2) is 0 Å². The quantitative estimate of drug-likeness (QED) is 0.246. The molecule has 2 heterocycles. The van der Waals surface area contributed by atoms with Gasteiger partial charge in [-0.1, -0.05) is 33.8 Å². The summed E-state index contributed by atoms with van der Waals surface area (Å²) in [6.07, 6.45) is 4.14. The molecule has 1 unspecified atom stereocenters. The number of hydrogen-bond acceptors (Lipinski definition) is 11. The number of piperazine rings is 1.